The Labute approximate surface area is 195 Å². The van der Waals surface area contributed by atoms with E-state index < -0.39 is 6.09 Å². The van der Waals surface area contributed by atoms with Crippen molar-refractivity contribution in [3.05, 3.63) is 36.9 Å². The molecule has 4 aromatic rings. The zero-order valence-electron chi connectivity index (χ0n) is 18.7. The Balaban J connectivity index is 0.000000636. The molecular weight excluding hydrogens is 440 g/mol. The van der Waals surface area contributed by atoms with Gasteiger partial charge in [-0.3, -0.25) is 4.68 Å². The van der Waals surface area contributed by atoms with E-state index in [9.17, 15) is 0 Å². The van der Waals surface area contributed by atoms with Crippen molar-refractivity contribution in [1.29, 1.82) is 0 Å². The molecule has 0 atom stereocenters. The fourth-order valence-electron chi connectivity index (χ4n) is 3.71. The summed E-state index contributed by atoms with van der Waals surface area (Å²) in [5.41, 5.74) is 7.28. The van der Waals surface area contributed by atoms with Crippen LogP contribution in [-0.4, -0.2) is 70.7 Å². The van der Waals surface area contributed by atoms with Crippen LogP contribution in [0.2, 0.25) is 0 Å². The summed E-state index contributed by atoms with van der Waals surface area (Å²) in [7, 11) is 1.68. The number of nitrogens with one attached hydrogen (secondary N) is 1. The number of nitrogens with two attached hydrogens (primary N) is 1. The number of methoxy groups -OCH3 is 1. The van der Waals surface area contributed by atoms with Gasteiger partial charge in [0.2, 0.25) is 5.95 Å². The van der Waals surface area contributed by atoms with E-state index in [0.717, 1.165) is 24.0 Å². The molecule has 4 heterocycles. The van der Waals surface area contributed by atoms with Crippen molar-refractivity contribution in [3.8, 4) is 16.9 Å². The summed E-state index contributed by atoms with van der Waals surface area (Å²) < 4.78 is 8.59. The van der Waals surface area contributed by atoms with Gasteiger partial charge in [-0.25, -0.2) is 14.8 Å². The number of ether oxygens (including phenoxy) is 1. The average molecular weight is 467 g/mol. The maximum absolute atomic E-state index is 8.78. The van der Waals surface area contributed by atoms with Crippen LogP contribution in [0.5, 0.6) is 0 Å². The summed E-state index contributed by atoms with van der Waals surface area (Å²) in [6.07, 6.45) is 10.8. The Kier molecular flexibility index (Phi) is 7.22. The standard InChI is InChI=1S/C20H23N9O.CH3NO2/c1-30-9-8-28-13-15(11-23-28)14-6-7-18(21-10-14)29-19-17(26-27-29)12-22-20(25-19)24-16-4-2-3-5-16;2-1(3)4/h6-7,10-13,16H,2-5,8-9H2,1H3,(H,22,24,25);2H2,(H,3,4). The summed E-state index contributed by atoms with van der Waals surface area (Å²) in [5.74, 6) is 1.26. The Morgan fingerprint density at radius 1 is 1.21 bits per heavy atom. The van der Waals surface area contributed by atoms with Gasteiger partial charge in [-0.05, 0) is 25.0 Å². The van der Waals surface area contributed by atoms with Gasteiger partial charge < -0.3 is 20.9 Å². The van der Waals surface area contributed by atoms with Crippen LogP contribution in [0.25, 0.3) is 28.1 Å². The Morgan fingerprint density at radius 3 is 2.71 bits per heavy atom. The Hall–Kier alpha value is -4.13. The summed E-state index contributed by atoms with van der Waals surface area (Å²) in [4.78, 5) is 22.4. The molecule has 0 bridgehead atoms. The van der Waals surface area contributed by atoms with Gasteiger partial charge in [0.15, 0.2) is 17.0 Å². The average Bonchev–Trinajstić information content (AvgIpc) is 3.58. The van der Waals surface area contributed by atoms with E-state index in [2.05, 4.69) is 41.4 Å². The van der Waals surface area contributed by atoms with Crippen LogP contribution in [0.15, 0.2) is 36.9 Å². The van der Waals surface area contributed by atoms with Crippen molar-refractivity contribution in [3.63, 3.8) is 0 Å². The lowest BCUT2D eigenvalue weighted by atomic mass is 10.2. The number of aromatic nitrogens is 8. The topological polar surface area (TPSA) is 172 Å². The van der Waals surface area contributed by atoms with Crippen LogP contribution in [0.4, 0.5) is 10.7 Å². The minimum Gasteiger partial charge on any atom is -0.465 e. The minimum atomic E-state index is -1.33. The first-order chi connectivity index (χ1) is 16.5. The highest BCUT2D eigenvalue weighted by Crippen LogP contribution is 2.22. The van der Waals surface area contributed by atoms with Crippen LogP contribution in [0.3, 0.4) is 0 Å². The summed E-state index contributed by atoms with van der Waals surface area (Å²) in [6, 6.07) is 4.34. The molecule has 1 amide bonds. The van der Waals surface area contributed by atoms with Crippen molar-refractivity contribution in [1.82, 2.24) is 39.7 Å². The van der Waals surface area contributed by atoms with Gasteiger partial charge in [0, 0.05) is 36.7 Å². The fraction of sp³-hybridized carbons (Fsp3) is 0.381. The first-order valence-corrected chi connectivity index (χ1v) is 10.8. The van der Waals surface area contributed by atoms with E-state index >= 15 is 0 Å². The van der Waals surface area contributed by atoms with E-state index in [-0.39, 0.29) is 0 Å². The normalized spacial score (nSPS) is 13.6. The monoisotopic (exact) mass is 466 g/mol. The Morgan fingerprint density at radius 2 is 2.00 bits per heavy atom. The van der Waals surface area contributed by atoms with Gasteiger partial charge in [-0.1, -0.05) is 18.1 Å². The van der Waals surface area contributed by atoms with E-state index in [0.29, 0.717) is 42.1 Å². The van der Waals surface area contributed by atoms with E-state index in [4.69, 9.17) is 14.6 Å². The number of carbonyl (C=O) groups is 1. The molecular formula is C21H26N10O3. The molecule has 5 rings (SSSR count). The molecule has 34 heavy (non-hydrogen) atoms. The molecule has 178 valence electrons. The number of hydrogen-bond donors (Lipinski definition) is 3. The van der Waals surface area contributed by atoms with Crippen molar-refractivity contribution < 1.29 is 14.6 Å². The van der Waals surface area contributed by atoms with E-state index in [1.54, 1.807) is 24.2 Å². The number of nitrogens with zero attached hydrogens (tertiary/aromatic N) is 8. The lowest BCUT2D eigenvalue weighted by Crippen LogP contribution is -2.16. The fourth-order valence-corrected chi connectivity index (χ4v) is 3.71. The second-order valence-corrected chi connectivity index (χ2v) is 7.76. The highest BCUT2D eigenvalue weighted by atomic mass is 16.5. The third-order valence-corrected chi connectivity index (χ3v) is 5.34. The van der Waals surface area contributed by atoms with Gasteiger partial charge in [0.05, 0.1) is 25.5 Å². The van der Waals surface area contributed by atoms with Crippen molar-refractivity contribution in [2.24, 2.45) is 5.73 Å². The third-order valence-electron chi connectivity index (χ3n) is 5.34. The molecule has 13 nitrogen and oxygen atoms in total. The number of fused-ring (bicyclic) bond motifs is 1. The highest BCUT2D eigenvalue weighted by molar-refractivity contribution is 5.72. The number of amides is 1. The summed E-state index contributed by atoms with van der Waals surface area (Å²) in [5, 5.41) is 23.4. The lowest BCUT2D eigenvalue weighted by molar-refractivity contribution is 0.183. The first-order valence-electron chi connectivity index (χ1n) is 10.8. The molecule has 4 N–H and O–H groups in total. The molecule has 0 saturated heterocycles. The van der Waals surface area contributed by atoms with Crippen LogP contribution >= 0.6 is 0 Å². The second kappa shape index (κ2) is 10.7. The molecule has 0 spiro atoms. The quantitative estimate of drug-likeness (QED) is 0.366. The van der Waals surface area contributed by atoms with E-state index in [1.165, 1.54) is 12.8 Å². The van der Waals surface area contributed by atoms with Crippen LogP contribution < -0.4 is 11.1 Å². The smallest absolute Gasteiger partial charge is 0.402 e. The molecule has 0 aliphatic heterocycles. The maximum Gasteiger partial charge on any atom is 0.402 e. The molecule has 1 fully saturated rings. The first kappa shape index (κ1) is 23.0. The zero-order valence-corrected chi connectivity index (χ0v) is 18.7. The molecule has 13 heteroatoms. The van der Waals surface area contributed by atoms with Crippen molar-refractivity contribution in [2.75, 3.05) is 19.0 Å². The third kappa shape index (κ3) is 5.61. The number of hydrogen-bond acceptors (Lipinski definition) is 9. The largest absolute Gasteiger partial charge is 0.465 e. The molecule has 0 radical (unpaired) electrons. The van der Waals surface area contributed by atoms with Gasteiger partial charge >= 0.3 is 6.09 Å². The lowest BCUT2D eigenvalue weighted by Gasteiger charge is -2.11. The zero-order chi connectivity index (χ0) is 23.9. The number of pyridine rings is 1. The molecule has 1 saturated carbocycles. The highest BCUT2D eigenvalue weighted by Gasteiger charge is 2.17. The van der Waals surface area contributed by atoms with E-state index in [1.807, 2.05) is 29.2 Å². The van der Waals surface area contributed by atoms with Gasteiger partial charge in [0.1, 0.15) is 0 Å². The number of carboxylic acid groups (broad SMARTS) is 1. The summed E-state index contributed by atoms with van der Waals surface area (Å²) in [6.45, 7) is 1.33. The van der Waals surface area contributed by atoms with Gasteiger partial charge in [-0.2, -0.15) is 14.8 Å². The van der Waals surface area contributed by atoms with Crippen LogP contribution in [0.1, 0.15) is 25.7 Å². The van der Waals surface area contributed by atoms with Gasteiger partial charge in [-0.15, -0.1) is 5.10 Å². The van der Waals surface area contributed by atoms with Crippen molar-refractivity contribution >= 4 is 23.2 Å². The molecule has 0 aromatic carbocycles. The molecule has 1 aliphatic carbocycles. The number of rotatable bonds is 7. The second-order valence-electron chi connectivity index (χ2n) is 7.76. The SMILES string of the molecule is COCCn1cc(-c2ccc(-n3nnc4cnc(NC5CCCC5)nc43)nc2)cn1.NC(=O)O. The Bertz CT molecular complexity index is 1230. The predicted octanol–water partition coefficient (Wildman–Crippen LogP) is 2.09. The predicted molar refractivity (Wildman–Crippen MR) is 123 cm³/mol. The van der Waals surface area contributed by atoms with Crippen LogP contribution in [-0.2, 0) is 11.3 Å². The molecule has 0 unspecified atom stereocenters. The van der Waals surface area contributed by atoms with Crippen LogP contribution in [0, 0.1) is 0 Å². The number of anilines is 1. The molecule has 1 aliphatic rings. The van der Waals surface area contributed by atoms with Gasteiger partial charge in [0.25, 0.3) is 0 Å². The minimum absolute atomic E-state index is 0.439. The number of primary amides is 1. The molecule has 4 aromatic heterocycles. The summed E-state index contributed by atoms with van der Waals surface area (Å²) >= 11 is 0. The van der Waals surface area contributed by atoms with Crippen molar-refractivity contribution in [2.45, 2.75) is 38.3 Å². The maximum atomic E-state index is 8.78.